The number of carboxylic acids is 1. The SMILES string of the molecule is COc1cc(C(C(=O)N2CCCCC2(C(=O)O)C(C)(C)C)C2CCCCC2)cc(OC)c1OC. The fraction of sp³-hybridized carbons (Fsp3) is 0.704. The Morgan fingerprint density at radius 1 is 0.971 bits per heavy atom. The first-order chi connectivity index (χ1) is 16.1. The van der Waals surface area contributed by atoms with Crippen LogP contribution in [0.4, 0.5) is 0 Å². The first-order valence-corrected chi connectivity index (χ1v) is 12.5. The highest BCUT2D eigenvalue weighted by molar-refractivity contribution is 5.92. The molecule has 2 aliphatic rings. The van der Waals surface area contributed by atoms with Crippen LogP contribution in [0.3, 0.4) is 0 Å². The zero-order chi connectivity index (χ0) is 25.1. The van der Waals surface area contributed by atoms with E-state index in [9.17, 15) is 14.7 Å². The molecule has 2 atom stereocenters. The lowest BCUT2D eigenvalue weighted by Crippen LogP contribution is -2.66. The molecule has 2 unspecified atom stereocenters. The van der Waals surface area contributed by atoms with Gasteiger partial charge in [-0.3, -0.25) is 4.79 Å². The van der Waals surface area contributed by atoms with Crippen LogP contribution in [-0.2, 0) is 9.59 Å². The number of aliphatic carboxylic acids is 1. The fourth-order valence-corrected chi connectivity index (χ4v) is 6.13. The normalized spacial score (nSPS) is 22.7. The van der Waals surface area contributed by atoms with E-state index in [1.54, 1.807) is 26.2 Å². The number of ether oxygens (including phenoxy) is 3. The second kappa shape index (κ2) is 10.4. The lowest BCUT2D eigenvalue weighted by molar-refractivity contribution is -0.174. The molecule has 1 saturated carbocycles. The number of carbonyl (C=O) groups excluding carboxylic acids is 1. The Balaban J connectivity index is 2.16. The molecule has 3 rings (SSSR count). The van der Waals surface area contributed by atoms with Gasteiger partial charge in [-0.1, -0.05) is 40.0 Å². The van der Waals surface area contributed by atoms with Gasteiger partial charge >= 0.3 is 5.97 Å². The van der Waals surface area contributed by atoms with E-state index >= 15 is 0 Å². The number of piperidine rings is 1. The monoisotopic (exact) mass is 475 g/mol. The summed E-state index contributed by atoms with van der Waals surface area (Å²) in [5.41, 5.74) is -1.05. The largest absolute Gasteiger partial charge is 0.493 e. The number of rotatable bonds is 7. The van der Waals surface area contributed by atoms with Gasteiger partial charge in [-0.05, 0) is 61.1 Å². The Morgan fingerprint density at radius 2 is 1.56 bits per heavy atom. The van der Waals surface area contributed by atoms with Gasteiger partial charge in [0, 0.05) is 6.54 Å². The van der Waals surface area contributed by atoms with Crippen molar-refractivity contribution in [3.63, 3.8) is 0 Å². The molecule has 1 aliphatic heterocycles. The Bertz CT molecular complexity index is 861. The molecule has 7 heteroatoms. The van der Waals surface area contributed by atoms with Gasteiger partial charge in [0.25, 0.3) is 0 Å². The Kier molecular flexibility index (Phi) is 8.04. The van der Waals surface area contributed by atoms with E-state index in [1.165, 1.54) is 0 Å². The number of likely N-dealkylation sites (tertiary alicyclic amines) is 1. The van der Waals surface area contributed by atoms with E-state index in [0.717, 1.165) is 50.5 Å². The van der Waals surface area contributed by atoms with E-state index in [0.29, 0.717) is 30.2 Å². The van der Waals surface area contributed by atoms with Crippen LogP contribution in [0.25, 0.3) is 0 Å². The number of hydrogen-bond donors (Lipinski definition) is 1. The molecule has 7 nitrogen and oxygen atoms in total. The smallest absolute Gasteiger partial charge is 0.330 e. The average molecular weight is 476 g/mol. The third-order valence-electron chi connectivity index (χ3n) is 7.93. The van der Waals surface area contributed by atoms with Gasteiger partial charge in [-0.2, -0.15) is 0 Å². The van der Waals surface area contributed by atoms with Crippen molar-refractivity contribution in [2.24, 2.45) is 11.3 Å². The third-order valence-corrected chi connectivity index (χ3v) is 7.93. The van der Waals surface area contributed by atoms with Crippen molar-refractivity contribution >= 4 is 11.9 Å². The van der Waals surface area contributed by atoms with Crippen LogP contribution < -0.4 is 14.2 Å². The highest BCUT2D eigenvalue weighted by atomic mass is 16.5. The molecule has 1 amide bonds. The summed E-state index contributed by atoms with van der Waals surface area (Å²) >= 11 is 0. The zero-order valence-corrected chi connectivity index (χ0v) is 21.6. The summed E-state index contributed by atoms with van der Waals surface area (Å²) < 4.78 is 16.7. The summed E-state index contributed by atoms with van der Waals surface area (Å²) in [4.78, 5) is 29.0. The summed E-state index contributed by atoms with van der Waals surface area (Å²) in [6.45, 7) is 6.25. The molecule has 0 radical (unpaired) electrons. The van der Waals surface area contributed by atoms with E-state index < -0.39 is 22.8 Å². The molecule has 190 valence electrons. The standard InChI is InChI=1S/C27H41NO6/c1-26(2,3)27(25(30)31)14-10-11-15-28(27)24(29)22(18-12-8-7-9-13-18)19-16-20(32-4)23(34-6)21(17-19)33-5/h16-18,22H,7-15H2,1-6H3,(H,30,31). The minimum absolute atomic E-state index is 0.0989. The molecule has 0 bridgehead atoms. The van der Waals surface area contributed by atoms with E-state index in [4.69, 9.17) is 14.2 Å². The van der Waals surface area contributed by atoms with Gasteiger partial charge in [0.15, 0.2) is 11.5 Å². The van der Waals surface area contributed by atoms with Gasteiger partial charge in [0.05, 0.1) is 27.2 Å². The van der Waals surface area contributed by atoms with Crippen molar-refractivity contribution < 1.29 is 28.9 Å². The molecule has 1 saturated heterocycles. The lowest BCUT2D eigenvalue weighted by Gasteiger charge is -2.53. The summed E-state index contributed by atoms with van der Waals surface area (Å²) in [6, 6.07) is 3.73. The maximum atomic E-state index is 14.5. The molecular weight excluding hydrogens is 434 g/mol. The molecule has 1 N–H and O–H groups in total. The quantitative estimate of drug-likeness (QED) is 0.579. The highest BCUT2D eigenvalue weighted by Crippen LogP contribution is 2.48. The highest BCUT2D eigenvalue weighted by Gasteiger charge is 2.57. The average Bonchev–Trinajstić information content (AvgIpc) is 2.83. The van der Waals surface area contributed by atoms with E-state index in [2.05, 4.69) is 0 Å². The summed E-state index contributed by atoms with van der Waals surface area (Å²) in [6.07, 6.45) is 7.26. The fourth-order valence-electron chi connectivity index (χ4n) is 6.13. The number of carboxylic acid groups (broad SMARTS) is 1. The predicted molar refractivity (Wildman–Crippen MR) is 131 cm³/mol. The Morgan fingerprint density at radius 3 is 2.03 bits per heavy atom. The van der Waals surface area contributed by atoms with Crippen LogP contribution in [0, 0.1) is 11.3 Å². The van der Waals surface area contributed by atoms with Gasteiger partial charge < -0.3 is 24.2 Å². The molecule has 1 heterocycles. The van der Waals surface area contributed by atoms with Crippen molar-refractivity contribution in [2.45, 2.75) is 83.6 Å². The maximum absolute atomic E-state index is 14.5. The molecule has 2 fully saturated rings. The molecule has 1 aliphatic carbocycles. The van der Waals surface area contributed by atoms with Crippen molar-refractivity contribution in [1.29, 1.82) is 0 Å². The first-order valence-electron chi connectivity index (χ1n) is 12.5. The number of hydrogen-bond acceptors (Lipinski definition) is 5. The number of benzene rings is 1. The van der Waals surface area contributed by atoms with E-state index in [1.807, 2.05) is 32.9 Å². The Labute approximate surface area is 203 Å². The van der Waals surface area contributed by atoms with Gasteiger partial charge in [0.1, 0.15) is 5.54 Å². The summed E-state index contributed by atoms with van der Waals surface area (Å²) in [5, 5.41) is 10.5. The minimum Gasteiger partial charge on any atom is -0.493 e. The van der Waals surface area contributed by atoms with Crippen molar-refractivity contribution in [3.8, 4) is 17.2 Å². The van der Waals surface area contributed by atoms with Gasteiger partial charge in [-0.25, -0.2) is 4.79 Å². The number of methoxy groups -OCH3 is 3. The molecule has 1 aromatic rings. The van der Waals surface area contributed by atoms with Crippen LogP contribution in [-0.4, -0.2) is 55.3 Å². The zero-order valence-electron chi connectivity index (χ0n) is 21.6. The van der Waals surface area contributed by atoms with Crippen molar-refractivity contribution in [3.05, 3.63) is 17.7 Å². The molecule has 1 aromatic carbocycles. The Hall–Kier alpha value is -2.44. The molecule has 34 heavy (non-hydrogen) atoms. The van der Waals surface area contributed by atoms with Crippen LogP contribution in [0.15, 0.2) is 12.1 Å². The number of nitrogens with zero attached hydrogens (tertiary/aromatic N) is 1. The van der Waals surface area contributed by atoms with Crippen LogP contribution >= 0.6 is 0 Å². The minimum atomic E-state index is -1.24. The lowest BCUT2D eigenvalue weighted by atomic mass is 9.66. The molecular formula is C27H41NO6. The van der Waals surface area contributed by atoms with Crippen LogP contribution in [0.5, 0.6) is 17.2 Å². The van der Waals surface area contributed by atoms with Crippen molar-refractivity contribution in [2.75, 3.05) is 27.9 Å². The first kappa shape index (κ1) is 26.2. The number of carbonyl (C=O) groups is 2. The summed E-state index contributed by atoms with van der Waals surface area (Å²) in [7, 11) is 4.69. The molecule has 0 aromatic heterocycles. The topological polar surface area (TPSA) is 85.3 Å². The van der Waals surface area contributed by atoms with Crippen LogP contribution in [0.1, 0.15) is 83.6 Å². The van der Waals surface area contributed by atoms with Gasteiger partial charge in [0.2, 0.25) is 11.7 Å². The van der Waals surface area contributed by atoms with E-state index in [-0.39, 0.29) is 11.8 Å². The second-order valence-electron chi connectivity index (χ2n) is 10.7. The number of amides is 1. The third kappa shape index (κ3) is 4.58. The summed E-state index contributed by atoms with van der Waals surface area (Å²) in [5.74, 6) is 0.147. The predicted octanol–water partition coefficient (Wildman–Crippen LogP) is 5.26. The van der Waals surface area contributed by atoms with Crippen LogP contribution in [0.2, 0.25) is 0 Å². The van der Waals surface area contributed by atoms with Gasteiger partial charge in [-0.15, -0.1) is 0 Å². The second-order valence-corrected chi connectivity index (χ2v) is 10.7. The molecule has 0 spiro atoms. The van der Waals surface area contributed by atoms with Crippen molar-refractivity contribution in [1.82, 2.24) is 4.90 Å². The maximum Gasteiger partial charge on any atom is 0.330 e.